The predicted octanol–water partition coefficient (Wildman–Crippen LogP) is 5.27. The molecule has 0 fully saturated rings. The summed E-state index contributed by atoms with van der Waals surface area (Å²) in [6, 6.07) is 21.9. The van der Waals surface area contributed by atoms with Crippen LogP contribution in [0.1, 0.15) is 5.56 Å². The van der Waals surface area contributed by atoms with Gasteiger partial charge in [-0.1, -0.05) is 60.3 Å². The minimum Gasteiger partial charge on any atom is -0.493 e. The van der Waals surface area contributed by atoms with Gasteiger partial charge in [0.15, 0.2) is 11.5 Å². The van der Waals surface area contributed by atoms with E-state index in [9.17, 15) is 0 Å². The number of benzene rings is 3. The summed E-state index contributed by atoms with van der Waals surface area (Å²) in [5.74, 6) is 3.12. The minimum atomic E-state index is 0.354. The molecule has 2 heterocycles. The Hall–Kier alpha value is -4.31. The van der Waals surface area contributed by atoms with Gasteiger partial charge in [0.2, 0.25) is 11.7 Å². The van der Waals surface area contributed by atoms with E-state index < -0.39 is 0 Å². The lowest BCUT2D eigenvalue weighted by Crippen LogP contribution is -2.07. The van der Waals surface area contributed by atoms with Gasteiger partial charge in [0.25, 0.3) is 5.95 Å². The summed E-state index contributed by atoms with van der Waals surface area (Å²) in [7, 11) is 4.70. The molecule has 3 aromatic carbocycles. The van der Waals surface area contributed by atoms with Crippen molar-refractivity contribution in [2.75, 3.05) is 26.6 Å². The molecule has 36 heavy (non-hydrogen) atoms. The van der Waals surface area contributed by atoms with Crippen LogP contribution in [0, 0.1) is 0 Å². The molecule has 0 aliphatic rings. The number of hydrogen-bond donors (Lipinski definition) is 1. The Balaban J connectivity index is 1.46. The van der Waals surface area contributed by atoms with Crippen LogP contribution in [-0.2, 0) is 5.75 Å². The number of thioether (sulfide) groups is 1. The summed E-state index contributed by atoms with van der Waals surface area (Å²) in [4.78, 5) is 13.3. The second-order valence-electron chi connectivity index (χ2n) is 7.66. The van der Waals surface area contributed by atoms with Crippen molar-refractivity contribution in [3.8, 4) is 23.2 Å². The van der Waals surface area contributed by atoms with Crippen LogP contribution in [0.2, 0.25) is 0 Å². The standard InChI is InChI=1S/C26H24N6O3S/c1-33-21-13-18(14-22(34-2)23(21)35-3)29-25-27-16-28-26(30-25)32-20-12-8-7-11-19(20)24(31-32)36-15-17-9-5-4-6-10-17/h4-14,16H,15H2,1-3H3,(H,27,28,29,30). The summed E-state index contributed by atoms with van der Waals surface area (Å²) in [5, 5.41) is 9.99. The summed E-state index contributed by atoms with van der Waals surface area (Å²) >= 11 is 1.68. The lowest BCUT2D eigenvalue weighted by atomic mass is 10.2. The molecule has 1 N–H and O–H groups in total. The second-order valence-corrected chi connectivity index (χ2v) is 8.62. The van der Waals surface area contributed by atoms with Gasteiger partial charge >= 0.3 is 0 Å². The average molecular weight is 501 g/mol. The van der Waals surface area contributed by atoms with Gasteiger partial charge < -0.3 is 19.5 Å². The average Bonchev–Trinajstić information content (AvgIpc) is 3.30. The molecule has 0 saturated heterocycles. The Morgan fingerprint density at radius 3 is 2.31 bits per heavy atom. The first-order valence-electron chi connectivity index (χ1n) is 11.1. The minimum absolute atomic E-state index is 0.354. The third kappa shape index (κ3) is 4.76. The molecule has 5 aromatic rings. The third-order valence-electron chi connectivity index (χ3n) is 5.44. The van der Waals surface area contributed by atoms with Gasteiger partial charge in [-0.2, -0.15) is 19.7 Å². The molecule has 10 heteroatoms. The number of methoxy groups -OCH3 is 3. The number of hydrogen-bond acceptors (Lipinski definition) is 9. The van der Waals surface area contributed by atoms with Gasteiger partial charge in [0, 0.05) is 29.0 Å². The van der Waals surface area contributed by atoms with Gasteiger partial charge in [-0.25, -0.2) is 4.98 Å². The van der Waals surface area contributed by atoms with Gasteiger partial charge in [0.1, 0.15) is 11.4 Å². The second kappa shape index (κ2) is 10.5. The Labute approximate surface area is 212 Å². The molecule has 0 saturated carbocycles. The Bertz CT molecular complexity index is 1470. The number of rotatable bonds is 9. The number of anilines is 2. The highest BCUT2D eigenvalue weighted by atomic mass is 32.2. The third-order valence-corrected chi connectivity index (χ3v) is 6.49. The van der Waals surface area contributed by atoms with E-state index in [2.05, 4.69) is 38.5 Å². The highest BCUT2D eigenvalue weighted by molar-refractivity contribution is 7.98. The zero-order valence-electron chi connectivity index (χ0n) is 20.0. The van der Waals surface area contributed by atoms with Crippen LogP contribution >= 0.6 is 11.8 Å². The normalized spacial score (nSPS) is 10.9. The number of ether oxygens (including phenoxy) is 3. The van der Waals surface area contributed by atoms with E-state index in [-0.39, 0.29) is 0 Å². The molecule has 0 bridgehead atoms. The fourth-order valence-electron chi connectivity index (χ4n) is 3.76. The first-order chi connectivity index (χ1) is 17.7. The molecule has 0 unspecified atom stereocenters. The number of aromatic nitrogens is 5. The van der Waals surface area contributed by atoms with E-state index in [4.69, 9.17) is 19.3 Å². The molecule has 9 nitrogen and oxygen atoms in total. The van der Waals surface area contributed by atoms with Crippen LogP contribution in [0.15, 0.2) is 78.1 Å². The Morgan fingerprint density at radius 2 is 1.58 bits per heavy atom. The molecule has 0 radical (unpaired) electrons. The van der Waals surface area contributed by atoms with Crippen molar-refractivity contribution in [3.05, 3.63) is 78.6 Å². The summed E-state index contributed by atoms with van der Waals surface area (Å²) in [6.45, 7) is 0. The smallest absolute Gasteiger partial charge is 0.255 e. The number of fused-ring (bicyclic) bond motifs is 1. The molecule has 0 atom stereocenters. The molecule has 0 aliphatic carbocycles. The maximum atomic E-state index is 5.44. The quantitative estimate of drug-likeness (QED) is 0.271. The lowest BCUT2D eigenvalue weighted by Gasteiger charge is -2.14. The maximum absolute atomic E-state index is 5.44. The van der Waals surface area contributed by atoms with Crippen LogP contribution in [0.5, 0.6) is 17.2 Å². The summed E-state index contributed by atoms with van der Waals surface area (Å²) in [6.07, 6.45) is 1.45. The zero-order chi connectivity index (χ0) is 24.9. The molecule has 182 valence electrons. The van der Waals surface area contributed by atoms with Gasteiger partial charge in [0.05, 0.1) is 26.8 Å². The van der Waals surface area contributed by atoms with Crippen LogP contribution in [0.4, 0.5) is 11.6 Å². The molecule has 0 spiro atoms. The van der Waals surface area contributed by atoms with E-state index in [1.807, 2.05) is 36.4 Å². The first kappa shape index (κ1) is 23.4. The van der Waals surface area contributed by atoms with Crippen molar-refractivity contribution in [2.45, 2.75) is 10.8 Å². The summed E-state index contributed by atoms with van der Waals surface area (Å²) < 4.78 is 18.0. The van der Waals surface area contributed by atoms with Crippen molar-refractivity contribution >= 4 is 34.3 Å². The van der Waals surface area contributed by atoms with Gasteiger partial charge in [-0.05, 0) is 11.6 Å². The van der Waals surface area contributed by atoms with Crippen molar-refractivity contribution in [1.82, 2.24) is 24.7 Å². The number of nitrogens with zero attached hydrogens (tertiary/aromatic N) is 5. The van der Waals surface area contributed by atoms with Crippen molar-refractivity contribution < 1.29 is 14.2 Å². The van der Waals surface area contributed by atoms with E-state index in [0.717, 1.165) is 21.7 Å². The predicted molar refractivity (Wildman–Crippen MR) is 140 cm³/mol. The van der Waals surface area contributed by atoms with Gasteiger partial charge in [-0.15, -0.1) is 0 Å². The van der Waals surface area contributed by atoms with Crippen LogP contribution in [0.25, 0.3) is 16.9 Å². The lowest BCUT2D eigenvalue weighted by molar-refractivity contribution is 0.324. The van der Waals surface area contributed by atoms with E-state index >= 15 is 0 Å². The van der Waals surface area contributed by atoms with E-state index in [0.29, 0.717) is 34.8 Å². The molecular weight excluding hydrogens is 476 g/mol. The van der Waals surface area contributed by atoms with Crippen LogP contribution < -0.4 is 19.5 Å². The summed E-state index contributed by atoms with van der Waals surface area (Å²) in [5.41, 5.74) is 2.82. The molecular formula is C26H24N6O3S. The fourth-order valence-corrected chi connectivity index (χ4v) is 4.72. The molecule has 0 amide bonds. The highest BCUT2D eigenvalue weighted by Crippen LogP contribution is 2.40. The van der Waals surface area contributed by atoms with Crippen molar-refractivity contribution in [1.29, 1.82) is 0 Å². The maximum Gasteiger partial charge on any atom is 0.255 e. The SMILES string of the molecule is COc1cc(Nc2ncnc(-n3nc(SCc4ccccc4)c4ccccc43)n2)cc(OC)c1OC. The van der Waals surface area contributed by atoms with Crippen LogP contribution in [-0.4, -0.2) is 46.1 Å². The topological polar surface area (TPSA) is 96.2 Å². The fraction of sp³-hybridized carbons (Fsp3) is 0.154. The van der Waals surface area contributed by atoms with Crippen molar-refractivity contribution in [3.63, 3.8) is 0 Å². The zero-order valence-corrected chi connectivity index (χ0v) is 20.8. The highest BCUT2D eigenvalue weighted by Gasteiger charge is 2.16. The van der Waals surface area contributed by atoms with Gasteiger partial charge in [-0.3, -0.25) is 0 Å². The largest absolute Gasteiger partial charge is 0.493 e. The number of nitrogens with one attached hydrogen (secondary N) is 1. The molecule has 2 aromatic heterocycles. The molecule has 0 aliphatic heterocycles. The van der Waals surface area contributed by atoms with E-state index in [1.165, 1.54) is 11.9 Å². The molecule has 5 rings (SSSR count). The first-order valence-corrected chi connectivity index (χ1v) is 12.1. The monoisotopic (exact) mass is 500 g/mol. The van der Waals surface area contributed by atoms with Crippen LogP contribution in [0.3, 0.4) is 0 Å². The van der Waals surface area contributed by atoms with E-state index in [1.54, 1.807) is 49.9 Å². The van der Waals surface area contributed by atoms with Crippen molar-refractivity contribution in [2.24, 2.45) is 0 Å². The number of para-hydroxylation sites is 1. The Morgan fingerprint density at radius 1 is 0.861 bits per heavy atom. The Kier molecular flexibility index (Phi) is 6.85.